The molecule has 0 saturated carbocycles. The third-order valence-electron chi connectivity index (χ3n) is 13.1. The molecule has 7 heteroatoms. The van der Waals surface area contributed by atoms with E-state index in [-0.39, 0.29) is 42.7 Å². The minimum atomic E-state index is -3.42. The number of benzene rings is 2. The lowest BCUT2D eigenvalue weighted by Gasteiger charge is -2.46. The first-order valence-corrected chi connectivity index (χ1v) is 27.3. The van der Waals surface area contributed by atoms with Gasteiger partial charge in [0.15, 0.2) is 0 Å². The minimum Gasteiger partial charge on any atom is -0.411 e. The van der Waals surface area contributed by atoms with Crippen molar-refractivity contribution in [3.8, 4) is 0 Å². The third kappa shape index (κ3) is 13.0. The van der Waals surface area contributed by atoms with Crippen LogP contribution in [0, 0.1) is 0 Å². The summed E-state index contributed by atoms with van der Waals surface area (Å²) in [5.41, 5.74) is 1.54. The second-order valence-electron chi connectivity index (χ2n) is 18.1. The van der Waals surface area contributed by atoms with Gasteiger partial charge in [0.05, 0.1) is 42.7 Å². The summed E-state index contributed by atoms with van der Waals surface area (Å²) in [6, 6.07) is 21.0. The number of rotatable bonds is 29. The first kappa shape index (κ1) is 48.6. The molecule has 2 aliphatic rings. The Hall–Kier alpha value is -2.11. The van der Waals surface area contributed by atoms with Gasteiger partial charge in [0.25, 0.3) is 0 Å². The van der Waals surface area contributed by atoms with Crippen molar-refractivity contribution in [2.24, 2.45) is 0 Å². The van der Waals surface area contributed by atoms with Gasteiger partial charge in [-0.05, 0) is 65.5 Å². The maximum Gasteiger partial charge on any atom is 0.408 e. The first-order chi connectivity index (χ1) is 28.1. The van der Waals surface area contributed by atoms with E-state index >= 15 is 0 Å². The first-order valence-electron chi connectivity index (χ1n) is 23.4. The number of ether oxygens (including phenoxy) is 2. The Labute approximate surface area is 357 Å². The molecule has 0 amide bonds. The zero-order valence-electron chi connectivity index (χ0n) is 37.8. The lowest BCUT2D eigenvalue weighted by molar-refractivity contribution is -0.0666. The van der Waals surface area contributed by atoms with E-state index in [1.807, 2.05) is 18.2 Å². The lowest BCUT2D eigenvalue weighted by Crippen LogP contribution is -2.67. The highest BCUT2D eigenvalue weighted by Crippen LogP contribution is 2.45. The van der Waals surface area contributed by atoms with Crippen molar-refractivity contribution in [1.29, 1.82) is 0 Å². The van der Waals surface area contributed by atoms with Gasteiger partial charge in [-0.3, -0.25) is 0 Å². The normalized spacial score (nSPS) is 21.8. The van der Waals surface area contributed by atoms with Gasteiger partial charge in [-0.15, -0.1) is 19.7 Å². The summed E-state index contributed by atoms with van der Waals surface area (Å²) in [5.74, 6) is 0. The Morgan fingerprint density at radius 2 is 1.03 bits per heavy atom. The van der Waals surface area contributed by atoms with E-state index in [0.717, 1.165) is 48.9 Å². The molecule has 7 atom stereocenters. The van der Waals surface area contributed by atoms with Crippen LogP contribution in [0.25, 0.3) is 0 Å². The van der Waals surface area contributed by atoms with Crippen molar-refractivity contribution in [2.75, 3.05) is 0 Å². The molecular formula is C51H82O5Si2. The molecule has 0 N–H and O–H groups in total. The van der Waals surface area contributed by atoms with Crippen LogP contribution in [-0.2, 0) is 22.8 Å². The maximum absolute atomic E-state index is 7.64. The summed E-state index contributed by atoms with van der Waals surface area (Å²) in [4.78, 5) is 0. The molecule has 2 saturated heterocycles. The van der Waals surface area contributed by atoms with Crippen LogP contribution >= 0.6 is 0 Å². The van der Waals surface area contributed by atoms with Crippen LogP contribution < -0.4 is 10.4 Å². The summed E-state index contributed by atoms with van der Waals surface area (Å²) in [6.07, 6.45) is 23.8. The van der Waals surface area contributed by atoms with Gasteiger partial charge in [0, 0.05) is 0 Å². The fraction of sp³-hybridized carbons (Fsp3) is 0.647. The van der Waals surface area contributed by atoms with Crippen LogP contribution in [-0.4, -0.2) is 59.6 Å². The van der Waals surface area contributed by atoms with Crippen molar-refractivity contribution in [3.05, 3.63) is 98.6 Å². The van der Waals surface area contributed by atoms with Crippen LogP contribution in [0.3, 0.4) is 0 Å². The van der Waals surface area contributed by atoms with Crippen LogP contribution in [0.2, 0.25) is 16.6 Å². The highest BCUT2D eigenvalue weighted by Gasteiger charge is 2.51. The fourth-order valence-corrected chi connectivity index (χ4v) is 19.1. The third-order valence-corrected chi connectivity index (χ3v) is 22.6. The van der Waals surface area contributed by atoms with Gasteiger partial charge >= 0.3 is 8.56 Å². The van der Waals surface area contributed by atoms with Crippen LogP contribution in [0.1, 0.15) is 151 Å². The van der Waals surface area contributed by atoms with Crippen molar-refractivity contribution in [1.82, 2.24) is 0 Å². The van der Waals surface area contributed by atoms with Crippen LogP contribution in [0.4, 0.5) is 0 Å². The van der Waals surface area contributed by atoms with Gasteiger partial charge in [-0.1, -0.05) is 192 Å². The average Bonchev–Trinajstić information content (AvgIpc) is 3.91. The summed E-state index contributed by atoms with van der Waals surface area (Å²) >= 11 is 0. The molecule has 0 aliphatic carbocycles. The summed E-state index contributed by atoms with van der Waals surface area (Å²) < 4.78 is 36.4. The Morgan fingerprint density at radius 3 is 1.50 bits per heavy atom. The largest absolute Gasteiger partial charge is 0.411 e. The molecule has 2 fully saturated rings. The number of unbranched alkanes of at least 4 members (excludes halogenated alkanes) is 9. The van der Waals surface area contributed by atoms with E-state index in [9.17, 15) is 0 Å². The minimum absolute atomic E-state index is 0.0118. The molecule has 0 spiro atoms. The molecule has 2 aromatic carbocycles. The Morgan fingerprint density at radius 1 is 0.586 bits per heavy atom. The number of hydrogen-bond acceptors (Lipinski definition) is 5. The SMILES string of the molecule is C=CC[C@@H]1CC[C@@H]([C@H](C=C)O[Si](O[C@H](C=C)[C@H]2CC[C@H]([C@@H](CCCCCCCCCCCC)O[Si](C(C)C)(C(C)C)C(C)C)O2)(c2ccccc2)c2ccccc2)O1. The molecule has 2 heterocycles. The van der Waals surface area contributed by atoms with E-state index in [1.54, 1.807) is 0 Å². The number of hydrogen-bond donors (Lipinski definition) is 0. The van der Waals surface area contributed by atoms with Gasteiger partial charge in [-0.2, -0.15) is 0 Å². The Kier molecular flexibility index (Phi) is 20.9. The quantitative estimate of drug-likeness (QED) is 0.0464. The topological polar surface area (TPSA) is 46.2 Å². The van der Waals surface area contributed by atoms with E-state index in [0.29, 0.717) is 16.6 Å². The average molecular weight is 831 g/mol. The molecule has 5 nitrogen and oxygen atoms in total. The predicted octanol–water partition coefficient (Wildman–Crippen LogP) is 12.9. The molecule has 0 bridgehead atoms. The molecule has 324 valence electrons. The Balaban J connectivity index is 1.59. The zero-order chi connectivity index (χ0) is 42.0. The molecule has 4 rings (SSSR count). The highest BCUT2D eigenvalue weighted by atomic mass is 28.4. The molecule has 0 aromatic heterocycles. The molecule has 0 radical (unpaired) electrons. The highest BCUT2D eigenvalue weighted by molar-refractivity contribution is 6.92. The second kappa shape index (κ2) is 25.0. The van der Waals surface area contributed by atoms with Crippen molar-refractivity contribution >= 4 is 27.3 Å². The van der Waals surface area contributed by atoms with E-state index < -0.39 is 16.9 Å². The maximum atomic E-state index is 7.64. The Bertz CT molecular complexity index is 1390. The van der Waals surface area contributed by atoms with Gasteiger partial charge in [0.2, 0.25) is 8.32 Å². The smallest absolute Gasteiger partial charge is 0.408 e. The summed E-state index contributed by atoms with van der Waals surface area (Å²) in [6.45, 7) is 29.3. The van der Waals surface area contributed by atoms with Crippen molar-refractivity contribution in [3.63, 3.8) is 0 Å². The standard InChI is InChI=1S/C51H82O5Si2/c1-11-15-16-17-18-19-20-21-22-29-35-51(54-57(40(5)6,41(7)8)42(9)10)50-39-38-49(53-50)47(14-4)56-58(44-31-25-23-26-32-44,45-33-27-24-28-34-45)55-46(13-3)48-37-36-43(52-48)30-12-2/h12-14,23-28,31-34,40-43,46-51H,2-4,11,15-22,29-30,35-39H2,1,5-10H3/t43-,46+,47-,48+,49-,50-,51-/m1/s1. The van der Waals surface area contributed by atoms with Crippen LogP contribution in [0.5, 0.6) is 0 Å². The molecule has 2 aliphatic heterocycles. The summed E-state index contributed by atoms with van der Waals surface area (Å²) in [5, 5.41) is 2.08. The van der Waals surface area contributed by atoms with Gasteiger partial charge in [0.1, 0.15) is 0 Å². The van der Waals surface area contributed by atoms with E-state index in [1.165, 1.54) is 64.2 Å². The molecular weight excluding hydrogens is 749 g/mol. The molecule has 58 heavy (non-hydrogen) atoms. The van der Waals surface area contributed by atoms with E-state index in [4.69, 9.17) is 22.8 Å². The fourth-order valence-electron chi connectivity index (χ4n) is 10.1. The van der Waals surface area contributed by atoms with Gasteiger partial charge < -0.3 is 22.8 Å². The van der Waals surface area contributed by atoms with E-state index in [2.05, 4.69) is 129 Å². The lowest BCUT2D eigenvalue weighted by atomic mass is 10.0. The summed E-state index contributed by atoms with van der Waals surface area (Å²) in [7, 11) is -5.57. The van der Waals surface area contributed by atoms with Crippen molar-refractivity contribution in [2.45, 2.75) is 211 Å². The van der Waals surface area contributed by atoms with Crippen molar-refractivity contribution < 1.29 is 22.8 Å². The molecule has 0 unspecified atom stereocenters. The predicted molar refractivity (Wildman–Crippen MR) is 251 cm³/mol. The van der Waals surface area contributed by atoms with Gasteiger partial charge in [-0.25, -0.2) is 0 Å². The molecule has 2 aromatic rings. The zero-order valence-corrected chi connectivity index (χ0v) is 39.8. The van der Waals surface area contributed by atoms with Crippen LogP contribution in [0.15, 0.2) is 98.6 Å². The monoisotopic (exact) mass is 831 g/mol. The second-order valence-corrected chi connectivity index (χ2v) is 26.4.